The summed E-state index contributed by atoms with van der Waals surface area (Å²) in [6, 6.07) is 0. The molecular weight excluding hydrogens is 386 g/mol. The van der Waals surface area contributed by atoms with Gasteiger partial charge in [0.05, 0.1) is 4.75 Å². The smallest absolute Gasteiger partial charge is 0.250 e. The molecular formula is C19H34ClN3O3S. The quantitative estimate of drug-likeness (QED) is 0.468. The van der Waals surface area contributed by atoms with E-state index in [1.165, 1.54) is 0 Å². The first-order chi connectivity index (χ1) is 12.5. The molecule has 0 spiro atoms. The summed E-state index contributed by atoms with van der Waals surface area (Å²) in [5, 5.41) is 3.56. The molecule has 0 saturated carbocycles. The van der Waals surface area contributed by atoms with Crippen LogP contribution in [0.2, 0.25) is 0 Å². The molecule has 0 aromatic rings. The Hall–Kier alpha value is -0.890. The monoisotopic (exact) mass is 419 g/mol. The van der Waals surface area contributed by atoms with Crippen molar-refractivity contribution in [2.75, 3.05) is 32.7 Å². The third-order valence-corrected chi connectivity index (χ3v) is 7.02. The lowest BCUT2D eigenvalue weighted by Crippen LogP contribution is -2.45. The molecule has 1 aliphatic heterocycles. The van der Waals surface area contributed by atoms with Gasteiger partial charge in [0.2, 0.25) is 10.0 Å². The van der Waals surface area contributed by atoms with Gasteiger partial charge in [-0.25, -0.2) is 13.1 Å². The minimum atomic E-state index is -3.29. The fourth-order valence-corrected chi connectivity index (χ4v) is 3.71. The number of nitrogens with zero attached hydrogens (tertiary/aromatic N) is 1. The minimum Gasteiger partial charge on any atom is -0.352 e. The van der Waals surface area contributed by atoms with Gasteiger partial charge in [-0.2, -0.15) is 0 Å². The molecule has 6 nitrogen and oxygen atoms in total. The molecule has 1 aliphatic rings. The first-order valence-corrected chi connectivity index (χ1v) is 11.3. The van der Waals surface area contributed by atoms with Gasteiger partial charge in [-0.1, -0.05) is 17.7 Å². The van der Waals surface area contributed by atoms with E-state index in [1.807, 2.05) is 6.92 Å². The van der Waals surface area contributed by atoms with Gasteiger partial charge < -0.3 is 10.2 Å². The van der Waals surface area contributed by atoms with Gasteiger partial charge in [0, 0.05) is 30.2 Å². The van der Waals surface area contributed by atoms with Crippen LogP contribution >= 0.6 is 11.6 Å². The number of halogens is 1. The van der Waals surface area contributed by atoms with E-state index in [2.05, 4.69) is 14.9 Å². The zero-order valence-electron chi connectivity index (χ0n) is 17.1. The summed E-state index contributed by atoms with van der Waals surface area (Å²) < 4.78 is 26.0. The van der Waals surface area contributed by atoms with Crippen molar-refractivity contribution in [3.63, 3.8) is 0 Å². The van der Waals surface area contributed by atoms with Gasteiger partial charge in [-0.15, -0.1) is 0 Å². The highest BCUT2D eigenvalue weighted by Gasteiger charge is 2.28. The van der Waals surface area contributed by atoms with Crippen molar-refractivity contribution in [1.29, 1.82) is 0 Å². The van der Waals surface area contributed by atoms with Crippen LogP contribution in [-0.4, -0.2) is 56.7 Å². The van der Waals surface area contributed by atoms with Crippen LogP contribution in [-0.2, 0) is 14.8 Å². The highest BCUT2D eigenvalue weighted by molar-refractivity contribution is 7.90. The van der Waals surface area contributed by atoms with Gasteiger partial charge in [0.1, 0.15) is 0 Å². The van der Waals surface area contributed by atoms with Crippen LogP contribution in [0.15, 0.2) is 22.8 Å². The van der Waals surface area contributed by atoms with Crippen molar-refractivity contribution in [3.05, 3.63) is 22.8 Å². The minimum absolute atomic E-state index is 0.100. The highest BCUT2D eigenvalue weighted by Crippen LogP contribution is 2.17. The van der Waals surface area contributed by atoms with Gasteiger partial charge >= 0.3 is 0 Å². The SMILES string of the molecule is C/C=C(\C=C(/C)Cl)C(=O)NCC1CCN(CCNS(=O)(=O)C(C)(C)C)CC1. The number of hydrogen-bond acceptors (Lipinski definition) is 4. The first-order valence-electron chi connectivity index (χ1n) is 9.46. The molecule has 1 amide bonds. The Balaban J connectivity index is 2.33. The number of piperidine rings is 1. The standard InChI is InChI=1S/C19H34ClN3O3S/c1-6-17(13-15(2)20)18(24)21-14-16-7-10-23(11-8-16)12-9-22-27(25,26)19(3,4)5/h6,13,16,22H,7-12,14H2,1-5H3,(H,21,24)/b15-13+,17-6+. The molecule has 27 heavy (non-hydrogen) atoms. The molecule has 1 heterocycles. The molecule has 156 valence electrons. The summed E-state index contributed by atoms with van der Waals surface area (Å²) in [5.41, 5.74) is 0.575. The number of sulfonamides is 1. The van der Waals surface area contributed by atoms with E-state index in [9.17, 15) is 13.2 Å². The van der Waals surface area contributed by atoms with E-state index < -0.39 is 14.8 Å². The summed E-state index contributed by atoms with van der Waals surface area (Å²) in [6.07, 6.45) is 5.39. The number of allylic oxidation sites excluding steroid dienone is 2. The Morgan fingerprint density at radius 3 is 2.33 bits per heavy atom. The Morgan fingerprint density at radius 1 is 1.26 bits per heavy atom. The topological polar surface area (TPSA) is 78.5 Å². The maximum Gasteiger partial charge on any atom is 0.250 e. The second-order valence-electron chi connectivity index (χ2n) is 7.98. The van der Waals surface area contributed by atoms with Crippen molar-refractivity contribution in [3.8, 4) is 0 Å². The largest absolute Gasteiger partial charge is 0.352 e. The van der Waals surface area contributed by atoms with Crippen molar-refractivity contribution in [2.45, 2.75) is 52.2 Å². The van der Waals surface area contributed by atoms with Gasteiger partial charge in [-0.05, 0) is 72.5 Å². The van der Waals surface area contributed by atoms with Crippen molar-refractivity contribution in [2.24, 2.45) is 5.92 Å². The summed E-state index contributed by atoms with van der Waals surface area (Å²) in [7, 11) is -3.29. The summed E-state index contributed by atoms with van der Waals surface area (Å²) in [6.45, 7) is 12.2. The van der Waals surface area contributed by atoms with Crippen molar-refractivity contribution >= 4 is 27.5 Å². The summed E-state index contributed by atoms with van der Waals surface area (Å²) >= 11 is 5.85. The van der Waals surface area contributed by atoms with E-state index in [1.54, 1.807) is 39.8 Å². The predicted molar refractivity (Wildman–Crippen MR) is 112 cm³/mol. The molecule has 2 N–H and O–H groups in total. The van der Waals surface area contributed by atoms with Crippen LogP contribution in [0.25, 0.3) is 0 Å². The molecule has 0 aromatic heterocycles. The lowest BCUT2D eigenvalue weighted by molar-refractivity contribution is -0.117. The van der Waals surface area contributed by atoms with Crippen LogP contribution in [0.5, 0.6) is 0 Å². The van der Waals surface area contributed by atoms with Gasteiger partial charge in [-0.3, -0.25) is 4.79 Å². The molecule has 0 unspecified atom stereocenters. The number of hydrogen-bond donors (Lipinski definition) is 2. The van der Waals surface area contributed by atoms with Crippen molar-refractivity contribution < 1.29 is 13.2 Å². The zero-order valence-corrected chi connectivity index (χ0v) is 18.7. The van der Waals surface area contributed by atoms with Crippen LogP contribution in [0, 0.1) is 5.92 Å². The lowest BCUT2D eigenvalue weighted by Gasteiger charge is -2.32. The van der Waals surface area contributed by atoms with Crippen molar-refractivity contribution in [1.82, 2.24) is 14.9 Å². The zero-order chi connectivity index (χ0) is 20.7. The molecule has 1 fully saturated rings. The van der Waals surface area contributed by atoms with Crippen LogP contribution in [0.1, 0.15) is 47.5 Å². The molecule has 0 aromatic carbocycles. The fraction of sp³-hybridized carbons (Fsp3) is 0.737. The number of likely N-dealkylation sites (tertiary alicyclic amines) is 1. The highest BCUT2D eigenvalue weighted by atomic mass is 35.5. The van der Waals surface area contributed by atoms with E-state index in [0.717, 1.165) is 25.9 Å². The van der Waals surface area contributed by atoms with Gasteiger partial charge in [0.25, 0.3) is 5.91 Å². The fourth-order valence-electron chi connectivity index (χ4n) is 2.80. The van der Waals surface area contributed by atoms with E-state index in [-0.39, 0.29) is 5.91 Å². The average Bonchev–Trinajstić information content (AvgIpc) is 2.57. The number of amides is 1. The molecule has 1 saturated heterocycles. The Bertz CT molecular complexity index is 654. The molecule has 0 atom stereocenters. The second-order valence-corrected chi connectivity index (χ2v) is 11.1. The molecule has 0 bridgehead atoms. The lowest BCUT2D eigenvalue weighted by atomic mass is 9.96. The normalized spacial score (nSPS) is 18.6. The number of nitrogens with one attached hydrogen (secondary N) is 2. The molecule has 0 aliphatic carbocycles. The summed E-state index contributed by atoms with van der Waals surface area (Å²) in [5.74, 6) is 0.340. The van der Waals surface area contributed by atoms with Crippen LogP contribution < -0.4 is 10.0 Å². The predicted octanol–water partition coefficient (Wildman–Crippen LogP) is 2.62. The maximum atomic E-state index is 12.2. The molecule has 1 rings (SSSR count). The first kappa shape index (κ1) is 24.1. The Labute approximate surface area is 169 Å². The number of rotatable bonds is 8. The third-order valence-electron chi connectivity index (χ3n) is 4.71. The molecule has 0 radical (unpaired) electrons. The Kier molecular flexibility index (Phi) is 9.48. The van der Waals surface area contributed by atoms with E-state index in [4.69, 9.17) is 11.6 Å². The van der Waals surface area contributed by atoms with Crippen LogP contribution in [0.3, 0.4) is 0 Å². The third kappa shape index (κ3) is 8.34. The second kappa shape index (κ2) is 10.6. The Morgan fingerprint density at radius 2 is 1.85 bits per heavy atom. The number of carbonyl (C=O) groups is 1. The molecule has 8 heteroatoms. The van der Waals surface area contributed by atoms with Gasteiger partial charge in [0.15, 0.2) is 0 Å². The van der Waals surface area contributed by atoms with Crippen LogP contribution in [0.4, 0.5) is 0 Å². The average molecular weight is 420 g/mol. The van der Waals surface area contributed by atoms with E-state index in [0.29, 0.717) is 36.2 Å². The number of carbonyl (C=O) groups excluding carboxylic acids is 1. The summed E-state index contributed by atoms with van der Waals surface area (Å²) in [4.78, 5) is 14.4. The van der Waals surface area contributed by atoms with E-state index >= 15 is 0 Å². The maximum absolute atomic E-state index is 12.2.